The highest BCUT2D eigenvalue weighted by atomic mass is 16.7. The monoisotopic (exact) mass is 1150 g/mol. The Morgan fingerprint density at radius 3 is 1.80 bits per heavy atom. The van der Waals surface area contributed by atoms with Gasteiger partial charge in [-0.1, -0.05) is 147 Å². The number of carbonyl (C=O) groups is 3. The average Bonchev–Trinajstić information content (AvgIpc) is 3.08. The van der Waals surface area contributed by atoms with Crippen molar-refractivity contribution in [3.8, 4) is 11.1 Å². The normalized spacial score (nSPS) is 38.5. The fourth-order valence-electron chi connectivity index (χ4n) is 10.9. The molecule has 0 unspecified atom stereocenters. The zero-order valence-electron chi connectivity index (χ0n) is 46.7. The topological polar surface area (TPSA) is 332 Å². The van der Waals surface area contributed by atoms with Gasteiger partial charge in [0.25, 0.3) is 0 Å². The van der Waals surface area contributed by atoms with Crippen molar-refractivity contribution in [2.45, 2.75) is 182 Å². The highest BCUT2D eigenvalue weighted by Crippen LogP contribution is 2.45. The van der Waals surface area contributed by atoms with E-state index in [4.69, 9.17) is 23.7 Å². The maximum atomic E-state index is 13.5. The van der Waals surface area contributed by atoms with Crippen LogP contribution in [0.1, 0.15) is 96.1 Å². The van der Waals surface area contributed by atoms with Gasteiger partial charge < -0.3 is 85.2 Å². The molecule has 0 aromatic heterocycles. The minimum atomic E-state index is -2.40. The van der Waals surface area contributed by atoms with Crippen LogP contribution < -0.4 is 5.32 Å². The van der Waals surface area contributed by atoms with Gasteiger partial charge in [0.2, 0.25) is 0 Å². The average molecular weight is 1150 g/mol. The van der Waals surface area contributed by atoms with Gasteiger partial charge in [0.05, 0.1) is 73.5 Å². The molecule has 2 saturated heterocycles. The number of benzene rings is 2. The van der Waals surface area contributed by atoms with Crippen molar-refractivity contribution in [3.63, 3.8) is 0 Å². The van der Waals surface area contributed by atoms with Crippen molar-refractivity contribution in [1.29, 1.82) is 0 Å². The van der Waals surface area contributed by atoms with Crippen LogP contribution in [-0.2, 0) is 33.3 Å². The summed E-state index contributed by atoms with van der Waals surface area (Å²) in [5.41, 5.74) is 3.98. The summed E-state index contributed by atoms with van der Waals surface area (Å²) in [6.45, 7) is 6.64. The third-order valence-electron chi connectivity index (χ3n) is 15.6. The molecular formula is C62H83NO19. The smallest absolute Gasteiger partial charge is 0.407 e. The molecule has 0 radical (unpaired) electrons. The molecule has 4 aliphatic rings. The summed E-state index contributed by atoms with van der Waals surface area (Å²) in [4.78, 5) is 39.0. The lowest BCUT2D eigenvalue weighted by atomic mass is 9.82. The van der Waals surface area contributed by atoms with E-state index in [2.05, 4.69) is 5.32 Å². The van der Waals surface area contributed by atoms with Gasteiger partial charge in [-0.25, -0.2) is 4.79 Å². The third kappa shape index (κ3) is 18.7. The van der Waals surface area contributed by atoms with Crippen molar-refractivity contribution < 1.29 is 94.2 Å². The van der Waals surface area contributed by atoms with E-state index in [0.29, 0.717) is 0 Å². The maximum absolute atomic E-state index is 13.5. The summed E-state index contributed by atoms with van der Waals surface area (Å²) in [6.07, 6.45) is 0.660. The minimum absolute atomic E-state index is 0.0562. The number of nitrogens with one attached hydrogen (secondary N) is 1. The van der Waals surface area contributed by atoms with Gasteiger partial charge >= 0.3 is 18.0 Å². The lowest BCUT2D eigenvalue weighted by Crippen LogP contribution is -2.64. The number of esters is 1. The van der Waals surface area contributed by atoms with E-state index in [-0.39, 0.29) is 37.7 Å². The number of cyclic esters (lactones) is 1. The van der Waals surface area contributed by atoms with E-state index in [1.165, 1.54) is 13.0 Å². The molecule has 12 N–H and O–H groups in total. The summed E-state index contributed by atoms with van der Waals surface area (Å²) in [7, 11) is 0. The molecule has 0 saturated carbocycles. The second-order valence-electron chi connectivity index (χ2n) is 22.0. The molecule has 1 amide bonds. The number of hydrogen-bond acceptors (Lipinski definition) is 18. The van der Waals surface area contributed by atoms with Crippen molar-refractivity contribution in [2.75, 3.05) is 6.61 Å². The van der Waals surface area contributed by atoms with Crippen LogP contribution in [0.5, 0.6) is 0 Å². The Labute approximate surface area is 478 Å². The Balaban J connectivity index is 1.19. The molecule has 6 rings (SSSR count). The number of carboxylic acids is 1. The Kier molecular flexibility index (Phi) is 25.0. The molecule has 82 heavy (non-hydrogen) atoms. The van der Waals surface area contributed by atoms with E-state index in [9.17, 15) is 70.6 Å². The second kappa shape index (κ2) is 31.3. The van der Waals surface area contributed by atoms with Gasteiger partial charge in [0.15, 0.2) is 12.1 Å². The molecule has 20 nitrogen and oxygen atoms in total. The predicted molar refractivity (Wildman–Crippen MR) is 301 cm³/mol. The van der Waals surface area contributed by atoms with Crippen molar-refractivity contribution in [2.24, 2.45) is 17.8 Å². The number of carboxylic acid groups (broad SMARTS) is 1. The zero-order valence-corrected chi connectivity index (χ0v) is 46.7. The van der Waals surface area contributed by atoms with Crippen molar-refractivity contribution in [1.82, 2.24) is 5.32 Å². The van der Waals surface area contributed by atoms with Crippen molar-refractivity contribution in [3.05, 3.63) is 145 Å². The first-order chi connectivity index (χ1) is 39.0. The van der Waals surface area contributed by atoms with Crippen LogP contribution in [0.15, 0.2) is 134 Å². The fraction of sp³-hybridized carbons (Fsp3) is 0.532. The molecule has 2 aromatic rings. The van der Waals surface area contributed by atoms with Crippen LogP contribution in [0.4, 0.5) is 4.79 Å². The highest BCUT2D eigenvalue weighted by molar-refractivity contribution is 5.79. The van der Waals surface area contributed by atoms with Gasteiger partial charge in [0, 0.05) is 43.4 Å². The number of alkyl carbamates (subject to hydrolysis) is 1. The van der Waals surface area contributed by atoms with Crippen LogP contribution in [0.3, 0.4) is 0 Å². The molecule has 3 aliphatic heterocycles. The second-order valence-corrected chi connectivity index (χ2v) is 22.0. The van der Waals surface area contributed by atoms with Gasteiger partial charge in [-0.05, 0) is 55.4 Å². The summed E-state index contributed by atoms with van der Waals surface area (Å²) in [5.74, 6) is -7.35. The summed E-state index contributed by atoms with van der Waals surface area (Å²) < 4.78 is 29.5. The lowest BCUT2D eigenvalue weighted by molar-refractivity contribution is -0.309. The first kappa shape index (κ1) is 65.5. The van der Waals surface area contributed by atoms with Gasteiger partial charge in [-0.3, -0.25) is 9.59 Å². The number of fused-ring (bicyclic) bond motifs is 5. The summed E-state index contributed by atoms with van der Waals surface area (Å²) >= 11 is 0. The molecular weight excluding hydrogens is 1060 g/mol. The Bertz CT molecular complexity index is 2550. The lowest BCUT2D eigenvalue weighted by Gasteiger charge is -2.45. The molecule has 19 atom stereocenters. The van der Waals surface area contributed by atoms with E-state index >= 15 is 0 Å². The standard InChI is InChI=1S/C62H83NO19/c1-36-21-15-13-11-9-7-5-6-8-10-12-14-16-22-43(81-60-58(73)55(57(72)39(4)80-60)63-61(76)78-35-48-46-25-19-17-23-44(46)45-24-18-20-26-47(45)48)32-52-54(59(74)75)51(69)34-62(77,82-52)33-42(66)30-50(68)49(67)28-27-40(64)29-41(65)31-53(70)79-38(3)37(2)56(36)71/h5-26,36-43,48-52,54-58,60,64-69,71-73,77H,27-35H2,1-4H3,(H,63,76)(H,74,75)/b6-5+,9-7+,10-8+,13-11+,14-12+,21-15+,22-16?/t36-,37-,38-,39+,40+,41+,42-,43-,49+,50+,51-,52-,54+,55-,56+,57+,58-,60-,62+/m0/s1. The van der Waals surface area contributed by atoms with E-state index in [1.807, 2.05) is 61.5 Å². The minimum Gasteiger partial charge on any atom is -0.481 e. The van der Waals surface area contributed by atoms with Gasteiger partial charge in [0.1, 0.15) is 30.8 Å². The number of ether oxygens (including phenoxy) is 5. The predicted octanol–water partition coefficient (Wildman–Crippen LogP) is 4.29. The van der Waals surface area contributed by atoms with Crippen LogP contribution in [0.2, 0.25) is 0 Å². The number of aliphatic hydroxyl groups is 10. The maximum Gasteiger partial charge on any atom is 0.407 e. The number of rotatable bonds is 6. The number of amides is 1. The summed E-state index contributed by atoms with van der Waals surface area (Å²) in [6, 6.07) is 14.2. The fourth-order valence-corrected chi connectivity index (χ4v) is 10.9. The van der Waals surface area contributed by atoms with Crippen LogP contribution >= 0.6 is 0 Å². The molecule has 0 spiro atoms. The largest absolute Gasteiger partial charge is 0.481 e. The highest BCUT2D eigenvalue weighted by Gasteiger charge is 2.51. The molecule has 3 heterocycles. The number of allylic oxidation sites excluding steroid dienone is 12. The number of carbonyl (C=O) groups excluding carboxylic acids is 2. The van der Waals surface area contributed by atoms with Gasteiger partial charge in [-0.15, -0.1) is 0 Å². The van der Waals surface area contributed by atoms with E-state index < -0.39 is 159 Å². The molecule has 450 valence electrons. The Morgan fingerprint density at radius 1 is 0.634 bits per heavy atom. The quantitative estimate of drug-likeness (QED) is 0.180. The zero-order chi connectivity index (χ0) is 59.7. The third-order valence-corrected chi connectivity index (χ3v) is 15.6. The molecule has 2 fully saturated rings. The molecule has 2 aromatic carbocycles. The van der Waals surface area contributed by atoms with Crippen LogP contribution in [0.25, 0.3) is 11.1 Å². The first-order valence-corrected chi connectivity index (χ1v) is 28.1. The van der Waals surface area contributed by atoms with Crippen LogP contribution in [-0.4, -0.2) is 178 Å². The first-order valence-electron chi connectivity index (χ1n) is 28.1. The van der Waals surface area contributed by atoms with Crippen LogP contribution in [0, 0.1) is 17.8 Å². The van der Waals surface area contributed by atoms with E-state index in [0.717, 1.165) is 22.3 Å². The SMILES string of the molecule is C[C@@H]1[C@H](O)[C@@H](C)/C=C/C=C/C=C/C=C/C=C/C=C/C=C[C@H](O[C@@H]2O[C@H](C)[C@@H](O)[C@H](NC(=O)OCC3c4ccccc4-c4ccccc43)[C@@H]2O)C[C@@H]2O[C@](O)(C[C@@H](O)C[C@@H](O)[C@H](O)CC[C@@H](O)C[C@@H](O)CC(=O)O[C@H]1C)C[C@H](O)[C@H]2C(=O)O. The Hall–Kier alpha value is -5.69. The molecule has 2 bridgehead atoms. The van der Waals surface area contributed by atoms with Crippen molar-refractivity contribution >= 4 is 18.0 Å². The van der Waals surface area contributed by atoms with E-state index in [1.54, 1.807) is 86.8 Å². The van der Waals surface area contributed by atoms with Gasteiger partial charge in [-0.2, -0.15) is 0 Å². The number of hydrogen-bond donors (Lipinski definition) is 12. The molecule has 20 heteroatoms. The number of aliphatic carboxylic acids is 1. The number of aliphatic hydroxyl groups excluding tert-OH is 9. The Morgan fingerprint density at radius 2 is 1.21 bits per heavy atom. The molecule has 1 aliphatic carbocycles. The summed E-state index contributed by atoms with van der Waals surface area (Å²) in [5, 5.41) is 124.